The molecule has 0 spiro atoms. The lowest BCUT2D eigenvalue weighted by Crippen LogP contribution is -2.68. The third-order valence-electron chi connectivity index (χ3n) is 6.99. The number of ether oxygens (including phenoxy) is 4. The molecular weight excluding hydrogens is 492 g/mol. The first-order chi connectivity index (χ1) is 17.8. The zero-order chi connectivity index (χ0) is 28.3. The molecule has 2 aliphatic heterocycles. The molecule has 0 aromatic heterocycles. The van der Waals surface area contributed by atoms with Crippen molar-refractivity contribution in [2.75, 3.05) is 13.7 Å². The molecule has 1 aromatic carbocycles. The Morgan fingerprint density at radius 2 is 1.84 bits per heavy atom. The van der Waals surface area contributed by atoms with Gasteiger partial charge in [0.1, 0.15) is 24.0 Å². The lowest BCUT2D eigenvalue weighted by molar-refractivity contribution is -0.169. The number of carbonyl (C=O) groups is 3. The maximum absolute atomic E-state index is 14.0. The van der Waals surface area contributed by atoms with Crippen molar-refractivity contribution in [3.8, 4) is 0 Å². The Morgan fingerprint density at radius 1 is 1.18 bits per heavy atom. The van der Waals surface area contributed by atoms with Crippen molar-refractivity contribution in [3.05, 3.63) is 48.6 Å². The maximum Gasteiger partial charge on any atom is 0.412 e. The molecule has 2 aliphatic rings. The minimum absolute atomic E-state index is 0.0578. The first-order valence-corrected chi connectivity index (χ1v) is 12.8. The molecule has 0 saturated carbocycles. The summed E-state index contributed by atoms with van der Waals surface area (Å²) >= 11 is 0. The van der Waals surface area contributed by atoms with Crippen molar-refractivity contribution in [1.82, 2.24) is 9.80 Å². The topological polar surface area (TPSA) is 115 Å². The molecular formula is C28H40N2O8. The minimum atomic E-state index is -1.84. The summed E-state index contributed by atoms with van der Waals surface area (Å²) in [7, 11) is 1.22. The van der Waals surface area contributed by atoms with Gasteiger partial charge in [-0.1, -0.05) is 36.4 Å². The molecule has 0 bridgehead atoms. The van der Waals surface area contributed by atoms with Crippen molar-refractivity contribution < 1.29 is 38.4 Å². The van der Waals surface area contributed by atoms with Gasteiger partial charge >= 0.3 is 18.2 Å². The van der Waals surface area contributed by atoms with E-state index in [1.54, 1.807) is 52.8 Å². The number of methoxy groups -OCH3 is 1. The third kappa shape index (κ3) is 5.81. The van der Waals surface area contributed by atoms with Gasteiger partial charge in [0.2, 0.25) is 0 Å². The van der Waals surface area contributed by atoms with Crippen molar-refractivity contribution in [2.24, 2.45) is 0 Å². The van der Waals surface area contributed by atoms with Crippen LogP contribution in [0, 0.1) is 0 Å². The Labute approximate surface area is 224 Å². The van der Waals surface area contributed by atoms with Crippen LogP contribution in [0.2, 0.25) is 0 Å². The highest BCUT2D eigenvalue weighted by atomic mass is 16.6. The van der Waals surface area contributed by atoms with E-state index in [0.717, 1.165) is 5.56 Å². The summed E-state index contributed by atoms with van der Waals surface area (Å²) in [6.45, 7) is 12.2. The number of esters is 1. The summed E-state index contributed by atoms with van der Waals surface area (Å²) in [6, 6.07) is 7.62. The van der Waals surface area contributed by atoms with Crippen molar-refractivity contribution in [1.29, 1.82) is 0 Å². The Hall–Kier alpha value is -3.11. The summed E-state index contributed by atoms with van der Waals surface area (Å²) in [6.07, 6.45) is -0.565. The van der Waals surface area contributed by atoms with Crippen LogP contribution in [-0.4, -0.2) is 81.8 Å². The number of nitrogens with zero attached hydrogens (tertiary/aromatic N) is 2. The maximum atomic E-state index is 14.0. The van der Waals surface area contributed by atoms with E-state index in [1.807, 2.05) is 18.2 Å². The number of likely N-dealkylation sites (tertiary alicyclic amines) is 1. The molecule has 10 heteroatoms. The van der Waals surface area contributed by atoms with Gasteiger partial charge in [0.15, 0.2) is 5.54 Å². The van der Waals surface area contributed by atoms with Gasteiger partial charge < -0.3 is 24.1 Å². The number of hydrogen-bond donors (Lipinski definition) is 1. The first-order valence-electron chi connectivity index (χ1n) is 12.8. The summed E-state index contributed by atoms with van der Waals surface area (Å²) in [5.74, 6) is -0.792. The molecule has 4 atom stereocenters. The molecule has 0 unspecified atom stereocenters. The number of carbonyl (C=O) groups excluding carboxylic acids is 3. The van der Waals surface area contributed by atoms with Gasteiger partial charge in [-0.25, -0.2) is 14.4 Å². The second kappa shape index (κ2) is 11.3. The molecule has 38 heavy (non-hydrogen) atoms. The van der Waals surface area contributed by atoms with Crippen LogP contribution >= 0.6 is 0 Å². The van der Waals surface area contributed by atoms with Gasteiger partial charge in [-0.15, -0.1) is 6.58 Å². The molecule has 10 nitrogen and oxygen atoms in total. The fraction of sp³-hybridized carbons (Fsp3) is 0.607. The van der Waals surface area contributed by atoms with E-state index in [2.05, 4.69) is 6.58 Å². The SMILES string of the molecule is C=CC[C@H]1CC[C@](C(=O)OCc2ccccc2)([C@H](O)[C@H]2COC(C)(C)N2C(=O)OC(C)(C)C)N1C(=O)OC. The Bertz CT molecular complexity index is 1020. The fourth-order valence-electron chi connectivity index (χ4n) is 5.30. The van der Waals surface area contributed by atoms with E-state index in [-0.39, 0.29) is 19.6 Å². The van der Waals surface area contributed by atoms with E-state index in [4.69, 9.17) is 18.9 Å². The molecule has 1 N–H and O–H groups in total. The predicted octanol–water partition coefficient (Wildman–Crippen LogP) is 4.01. The van der Waals surface area contributed by atoms with Crippen LogP contribution in [0.25, 0.3) is 0 Å². The van der Waals surface area contributed by atoms with Crippen LogP contribution in [0.3, 0.4) is 0 Å². The molecule has 2 saturated heterocycles. The Morgan fingerprint density at radius 3 is 2.42 bits per heavy atom. The Kier molecular flexibility index (Phi) is 8.78. The molecule has 210 valence electrons. The molecule has 3 rings (SSSR count). The monoisotopic (exact) mass is 532 g/mol. The molecule has 1 aromatic rings. The van der Waals surface area contributed by atoms with Gasteiger partial charge in [-0.2, -0.15) is 0 Å². The summed E-state index contributed by atoms with van der Waals surface area (Å²) < 4.78 is 22.3. The molecule has 2 amide bonds. The number of amides is 2. The lowest BCUT2D eigenvalue weighted by Gasteiger charge is -2.45. The van der Waals surface area contributed by atoms with Crippen LogP contribution in [0.5, 0.6) is 0 Å². The largest absolute Gasteiger partial charge is 0.459 e. The molecule has 2 fully saturated rings. The van der Waals surface area contributed by atoms with Crippen molar-refractivity contribution in [3.63, 3.8) is 0 Å². The fourth-order valence-corrected chi connectivity index (χ4v) is 5.30. The normalized spacial score (nSPS) is 25.6. The number of aliphatic hydroxyl groups is 1. The van der Waals surface area contributed by atoms with E-state index < -0.39 is 53.2 Å². The quantitative estimate of drug-likeness (QED) is 0.318. The number of hydrogen-bond acceptors (Lipinski definition) is 8. The molecule has 0 radical (unpaired) electrons. The van der Waals surface area contributed by atoms with Gasteiger partial charge in [0.25, 0.3) is 0 Å². The van der Waals surface area contributed by atoms with E-state index >= 15 is 0 Å². The number of rotatable bonds is 7. The van der Waals surface area contributed by atoms with Crippen LogP contribution in [-0.2, 0) is 30.3 Å². The number of benzene rings is 1. The summed E-state index contributed by atoms with van der Waals surface area (Å²) in [4.78, 5) is 43.0. The lowest BCUT2D eigenvalue weighted by atomic mass is 9.84. The van der Waals surface area contributed by atoms with Gasteiger partial charge in [0.05, 0.1) is 19.8 Å². The average molecular weight is 533 g/mol. The molecule has 2 heterocycles. The van der Waals surface area contributed by atoms with Crippen molar-refractivity contribution in [2.45, 2.75) is 95.5 Å². The predicted molar refractivity (Wildman–Crippen MR) is 139 cm³/mol. The highest BCUT2D eigenvalue weighted by molar-refractivity contribution is 5.88. The second-order valence-corrected chi connectivity index (χ2v) is 11.2. The van der Waals surface area contributed by atoms with E-state index in [9.17, 15) is 19.5 Å². The first kappa shape index (κ1) is 29.4. The zero-order valence-corrected chi connectivity index (χ0v) is 23.1. The van der Waals surface area contributed by atoms with Crippen LogP contribution in [0.15, 0.2) is 43.0 Å². The van der Waals surface area contributed by atoms with Gasteiger partial charge in [-0.05, 0) is 59.4 Å². The van der Waals surface area contributed by atoms with Crippen LogP contribution in [0.4, 0.5) is 9.59 Å². The van der Waals surface area contributed by atoms with Crippen LogP contribution < -0.4 is 0 Å². The van der Waals surface area contributed by atoms with Crippen LogP contribution in [0.1, 0.15) is 59.4 Å². The van der Waals surface area contributed by atoms with Gasteiger partial charge in [-0.3, -0.25) is 9.80 Å². The average Bonchev–Trinajstić information content (AvgIpc) is 3.39. The summed E-state index contributed by atoms with van der Waals surface area (Å²) in [5.41, 5.74) is -3.04. The number of aliphatic hydroxyl groups excluding tert-OH is 1. The highest BCUT2D eigenvalue weighted by Crippen LogP contribution is 2.44. The van der Waals surface area contributed by atoms with Gasteiger partial charge in [0, 0.05) is 6.04 Å². The second-order valence-electron chi connectivity index (χ2n) is 11.2. The third-order valence-corrected chi connectivity index (χ3v) is 6.99. The van der Waals surface area contributed by atoms with E-state index in [0.29, 0.717) is 12.8 Å². The standard InChI is InChI=1S/C28H40N2O8/c1-8-12-20-15-16-28(29(20)24(33)35-7,23(32)36-17-19-13-10-9-11-14-19)22(31)21-18-37-27(5,6)30(21)25(34)38-26(2,3)4/h8-11,13-14,20-22,31H,1,12,15-18H2,2-7H3/t20-,21+,22+,28+/m0/s1. The molecule has 0 aliphatic carbocycles. The Balaban J connectivity index is 2.05. The van der Waals surface area contributed by atoms with E-state index in [1.165, 1.54) is 16.9 Å². The zero-order valence-electron chi connectivity index (χ0n) is 23.1. The summed E-state index contributed by atoms with van der Waals surface area (Å²) in [5, 5.41) is 12.0. The smallest absolute Gasteiger partial charge is 0.412 e. The highest BCUT2D eigenvalue weighted by Gasteiger charge is 2.64. The minimum Gasteiger partial charge on any atom is -0.459 e. The van der Waals surface area contributed by atoms with Crippen molar-refractivity contribution >= 4 is 18.2 Å².